The van der Waals surface area contributed by atoms with E-state index in [-0.39, 0.29) is 24.4 Å². The fraction of sp³-hybridized carbons (Fsp3) is 0.500. The molecule has 1 amide bonds. The van der Waals surface area contributed by atoms with E-state index in [1.54, 1.807) is 31.3 Å². The molecule has 2 aliphatic heterocycles. The molecule has 2 bridgehead atoms. The van der Waals surface area contributed by atoms with Crippen molar-refractivity contribution in [2.45, 2.75) is 6.04 Å². The molecular formula is C18H22N6O4. The van der Waals surface area contributed by atoms with Crippen LogP contribution in [-0.4, -0.2) is 92.4 Å². The summed E-state index contributed by atoms with van der Waals surface area (Å²) in [7, 11) is 1.70. The Morgan fingerprint density at radius 2 is 1.96 bits per heavy atom. The highest BCUT2D eigenvalue weighted by atomic mass is 16.5. The molecule has 1 N–H and O–H groups in total. The number of ether oxygens (including phenoxy) is 1. The van der Waals surface area contributed by atoms with Crippen LogP contribution in [0.5, 0.6) is 0 Å². The van der Waals surface area contributed by atoms with Crippen molar-refractivity contribution in [1.29, 1.82) is 0 Å². The third-order valence-corrected chi connectivity index (χ3v) is 5.06. The summed E-state index contributed by atoms with van der Waals surface area (Å²) in [5, 5.41) is 21.1. The zero-order valence-corrected chi connectivity index (χ0v) is 15.6. The van der Waals surface area contributed by atoms with Gasteiger partial charge < -0.3 is 14.7 Å². The second kappa shape index (κ2) is 7.64. The molecule has 1 aromatic heterocycles. The molecule has 2 atom stereocenters. The number of hydrogen-bond donors (Lipinski definition) is 1. The molecule has 0 spiro atoms. The van der Waals surface area contributed by atoms with Gasteiger partial charge in [-0.3, -0.25) is 14.5 Å². The fourth-order valence-corrected chi connectivity index (χ4v) is 3.84. The van der Waals surface area contributed by atoms with E-state index in [9.17, 15) is 9.59 Å². The van der Waals surface area contributed by atoms with Gasteiger partial charge in [-0.1, -0.05) is 12.1 Å². The van der Waals surface area contributed by atoms with Crippen LogP contribution < -0.4 is 0 Å². The van der Waals surface area contributed by atoms with Crippen molar-refractivity contribution in [3.63, 3.8) is 0 Å². The van der Waals surface area contributed by atoms with E-state index in [4.69, 9.17) is 9.84 Å². The van der Waals surface area contributed by atoms with Gasteiger partial charge in [-0.2, -0.15) is 4.80 Å². The molecule has 1 aromatic carbocycles. The largest absolute Gasteiger partial charge is 0.480 e. The number of carboxylic acids is 1. The van der Waals surface area contributed by atoms with Gasteiger partial charge in [-0.15, -0.1) is 10.2 Å². The molecule has 3 heterocycles. The third kappa shape index (κ3) is 3.87. The summed E-state index contributed by atoms with van der Waals surface area (Å²) in [6.45, 7) is 2.61. The van der Waals surface area contributed by atoms with Crippen LogP contribution in [0.15, 0.2) is 24.3 Å². The average Bonchev–Trinajstić information content (AvgIpc) is 2.89. The Morgan fingerprint density at radius 3 is 2.64 bits per heavy atom. The van der Waals surface area contributed by atoms with Crippen LogP contribution in [0, 0.1) is 5.92 Å². The number of fused-ring (bicyclic) bond motifs is 3. The van der Waals surface area contributed by atoms with Gasteiger partial charge in [0.1, 0.15) is 0 Å². The SMILES string of the molecule is Cn1nnc(-c2ccc(C(=O)N3C[C@H]4COC[C@@H]3CN(CC(=O)O)C4)cc2)n1. The average molecular weight is 386 g/mol. The predicted octanol–water partition coefficient (Wildman–Crippen LogP) is -0.265. The Balaban J connectivity index is 1.53. The van der Waals surface area contributed by atoms with Gasteiger partial charge in [0, 0.05) is 36.7 Å². The second-order valence-corrected chi connectivity index (χ2v) is 7.28. The number of carbonyl (C=O) groups excluding carboxylic acids is 1. The number of carbonyl (C=O) groups is 2. The highest BCUT2D eigenvalue weighted by Gasteiger charge is 2.36. The van der Waals surface area contributed by atoms with Crippen LogP contribution in [0.25, 0.3) is 11.4 Å². The van der Waals surface area contributed by atoms with Crippen molar-refractivity contribution in [1.82, 2.24) is 30.0 Å². The highest BCUT2D eigenvalue weighted by molar-refractivity contribution is 5.95. The molecule has 0 unspecified atom stereocenters. The van der Waals surface area contributed by atoms with Gasteiger partial charge in [0.2, 0.25) is 5.82 Å². The van der Waals surface area contributed by atoms with Gasteiger partial charge in [-0.25, -0.2) is 0 Å². The minimum Gasteiger partial charge on any atom is -0.480 e. The molecule has 28 heavy (non-hydrogen) atoms. The van der Waals surface area contributed by atoms with Crippen molar-refractivity contribution < 1.29 is 19.4 Å². The molecule has 2 aromatic rings. The van der Waals surface area contributed by atoms with Crippen LogP contribution >= 0.6 is 0 Å². The standard InChI is InChI=1S/C18H22N6O4/c1-22-20-17(19-21-22)13-2-4-14(5-3-13)18(27)24-7-12-6-23(9-16(25)26)8-15(24)11-28-10-12/h2-5,12,15H,6-11H2,1H3,(H,25,26)/t12-,15-/m0/s1. The van der Waals surface area contributed by atoms with E-state index in [0.717, 1.165) is 5.56 Å². The van der Waals surface area contributed by atoms with E-state index in [1.807, 2.05) is 9.80 Å². The van der Waals surface area contributed by atoms with Crippen LogP contribution in [0.3, 0.4) is 0 Å². The number of aromatic nitrogens is 4. The summed E-state index contributed by atoms with van der Waals surface area (Å²) in [5.41, 5.74) is 1.36. The van der Waals surface area contributed by atoms with E-state index >= 15 is 0 Å². The first-order valence-electron chi connectivity index (χ1n) is 9.17. The molecule has 2 aliphatic rings. The van der Waals surface area contributed by atoms with Crippen molar-refractivity contribution in [2.24, 2.45) is 13.0 Å². The van der Waals surface area contributed by atoms with E-state index < -0.39 is 5.97 Å². The van der Waals surface area contributed by atoms with Gasteiger partial charge in [0.25, 0.3) is 5.91 Å². The maximum atomic E-state index is 13.2. The van der Waals surface area contributed by atoms with E-state index in [0.29, 0.717) is 44.2 Å². The monoisotopic (exact) mass is 386 g/mol. The van der Waals surface area contributed by atoms with E-state index in [2.05, 4.69) is 15.4 Å². The van der Waals surface area contributed by atoms with Gasteiger partial charge >= 0.3 is 5.97 Å². The Bertz CT molecular complexity index is 867. The number of tetrazole rings is 1. The summed E-state index contributed by atoms with van der Waals surface area (Å²) in [6.07, 6.45) is 0. The summed E-state index contributed by atoms with van der Waals surface area (Å²) in [5.74, 6) is -0.327. The van der Waals surface area contributed by atoms with Gasteiger partial charge in [0.05, 0.1) is 32.8 Å². The number of carboxylic acid groups (broad SMARTS) is 1. The second-order valence-electron chi connectivity index (χ2n) is 7.28. The zero-order valence-electron chi connectivity index (χ0n) is 15.6. The number of amides is 1. The van der Waals surface area contributed by atoms with Crippen molar-refractivity contribution in [2.75, 3.05) is 39.4 Å². The molecular weight excluding hydrogens is 364 g/mol. The molecule has 0 saturated carbocycles. The lowest BCUT2D eigenvalue weighted by atomic mass is 10.1. The van der Waals surface area contributed by atoms with Crippen molar-refractivity contribution in [3.05, 3.63) is 29.8 Å². The Hall–Kier alpha value is -2.85. The topological polar surface area (TPSA) is 114 Å². The lowest BCUT2D eigenvalue weighted by molar-refractivity contribution is -0.138. The summed E-state index contributed by atoms with van der Waals surface area (Å²) < 4.78 is 5.72. The molecule has 0 radical (unpaired) electrons. The number of benzene rings is 1. The van der Waals surface area contributed by atoms with Crippen molar-refractivity contribution >= 4 is 11.9 Å². The number of hydrogen-bond acceptors (Lipinski definition) is 7. The minimum absolute atomic E-state index is 0.0190. The number of aliphatic carboxylic acids is 1. The number of rotatable bonds is 4. The van der Waals surface area contributed by atoms with Gasteiger partial charge in [-0.05, 0) is 17.3 Å². The van der Waals surface area contributed by atoms with E-state index in [1.165, 1.54) is 4.80 Å². The molecule has 4 rings (SSSR count). The molecule has 0 aliphatic carbocycles. The van der Waals surface area contributed by atoms with Crippen molar-refractivity contribution in [3.8, 4) is 11.4 Å². The van der Waals surface area contributed by atoms with Gasteiger partial charge in [0.15, 0.2) is 0 Å². The highest BCUT2D eigenvalue weighted by Crippen LogP contribution is 2.23. The minimum atomic E-state index is -0.855. The first-order chi connectivity index (χ1) is 13.5. The predicted molar refractivity (Wildman–Crippen MR) is 97.4 cm³/mol. The molecule has 148 valence electrons. The normalized spacial score (nSPS) is 22.7. The fourth-order valence-electron chi connectivity index (χ4n) is 3.84. The Kier molecular flexibility index (Phi) is 5.05. The summed E-state index contributed by atoms with van der Waals surface area (Å²) >= 11 is 0. The summed E-state index contributed by atoms with van der Waals surface area (Å²) in [6, 6.07) is 6.97. The van der Waals surface area contributed by atoms with Crippen LogP contribution in [0.4, 0.5) is 0 Å². The smallest absolute Gasteiger partial charge is 0.317 e. The molecule has 2 saturated heterocycles. The van der Waals surface area contributed by atoms with Crippen LogP contribution in [0.2, 0.25) is 0 Å². The zero-order chi connectivity index (χ0) is 19.7. The maximum Gasteiger partial charge on any atom is 0.317 e. The summed E-state index contributed by atoms with van der Waals surface area (Å²) in [4.78, 5) is 29.4. The maximum absolute atomic E-state index is 13.2. The molecule has 10 heteroatoms. The molecule has 10 nitrogen and oxygen atoms in total. The number of nitrogens with zero attached hydrogens (tertiary/aromatic N) is 6. The Morgan fingerprint density at radius 1 is 1.18 bits per heavy atom. The first kappa shape index (κ1) is 18.5. The molecule has 2 fully saturated rings. The quantitative estimate of drug-likeness (QED) is 0.764. The van der Waals surface area contributed by atoms with Crippen LogP contribution in [0.1, 0.15) is 10.4 Å². The number of aryl methyl sites for hydroxylation is 1. The Labute approximate surface area is 161 Å². The lowest BCUT2D eigenvalue weighted by Gasteiger charge is -2.30. The van der Waals surface area contributed by atoms with Crippen LogP contribution in [-0.2, 0) is 16.6 Å². The lowest BCUT2D eigenvalue weighted by Crippen LogP contribution is -2.47. The first-order valence-corrected chi connectivity index (χ1v) is 9.17. The third-order valence-electron chi connectivity index (χ3n) is 5.06.